The number of rotatable bonds is 1. The first-order valence-corrected chi connectivity index (χ1v) is 7.48. The van der Waals surface area contributed by atoms with Crippen molar-refractivity contribution < 1.29 is 0 Å². The van der Waals surface area contributed by atoms with E-state index >= 15 is 0 Å². The van der Waals surface area contributed by atoms with Crippen LogP contribution < -0.4 is 10.2 Å². The number of nitrogens with zero attached hydrogens (tertiary/aromatic N) is 1. The van der Waals surface area contributed by atoms with Crippen LogP contribution in [0.2, 0.25) is 0 Å². The van der Waals surface area contributed by atoms with Crippen molar-refractivity contribution in [2.24, 2.45) is 0 Å². The molecule has 0 saturated carbocycles. The molecule has 0 spiro atoms. The number of hydrogen-bond acceptors (Lipinski definition) is 2. The molecule has 1 saturated heterocycles. The Morgan fingerprint density at radius 2 is 1.79 bits per heavy atom. The maximum atomic E-state index is 3.66. The molecule has 1 aromatic carbocycles. The van der Waals surface area contributed by atoms with Crippen molar-refractivity contribution >= 4 is 5.69 Å². The summed E-state index contributed by atoms with van der Waals surface area (Å²) < 4.78 is 0. The average Bonchev–Trinajstić information content (AvgIpc) is 2.49. The highest BCUT2D eigenvalue weighted by molar-refractivity contribution is 5.56. The van der Waals surface area contributed by atoms with E-state index in [1.165, 1.54) is 17.7 Å². The molecule has 1 aliphatic heterocycles. The Morgan fingerprint density at radius 3 is 2.47 bits per heavy atom. The van der Waals surface area contributed by atoms with Crippen molar-refractivity contribution in [2.45, 2.75) is 58.5 Å². The van der Waals surface area contributed by atoms with Gasteiger partial charge < -0.3 is 10.2 Å². The van der Waals surface area contributed by atoms with Crippen LogP contribution in [-0.4, -0.2) is 25.2 Å². The van der Waals surface area contributed by atoms with Gasteiger partial charge in [-0.1, -0.05) is 39.0 Å². The van der Waals surface area contributed by atoms with Crippen molar-refractivity contribution in [1.82, 2.24) is 5.32 Å². The highest BCUT2D eigenvalue weighted by atomic mass is 15.2. The fraction of sp³-hybridized carbons (Fsp3) is 0.647. The SMILES string of the molecule is CC1CCN(c2ccccc2C(C)(C)C)CC(C)N1. The summed E-state index contributed by atoms with van der Waals surface area (Å²) in [6.45, 7) is 13.7. The molecule has 0 amide bonds. The molecule has 0 aromatic heterocycles. The zero-order valence-electron chi connectivity index (χ0n) is 13.0. The van der Waals surface area contributed by atoms with Gasteiger partial charge in [0.05, 0.1) is 0 Å². The monoisotopic (exact) mass is 260 g/mol. The quantitative estimate of drug-likeness (QED) is 0.830. The zero-order valence-corrected chi connectivity index (χ0v) is 13.0. The molecule has 0 aliphatic carbocycles. The molecule has 0 radical (unpaired) electrons. The highest BCUT2D eigenvalue weighted by Gasteiger charge is 2.24. The Morgan fingerprint density at radius 1 is 1.11 bits per heavy atom. The van der Waals surface area contributed by atoms with E-state index in [2.05, 4.69) is 69.1 Å². The second-order valence-electron chi connectivity index (χ2n) is 6.97. The normalized spacial score (nSPS) is 25.2. The van der Waals surface area contributed by atoms with Crippen LogP contribution in [0.1, 0.15) is 46.6 Å². The van der Waals surface area contributed by atoms with Crippen LogP contribution in [0.5, 0.6) is 0 Å². The topological polar surface area (TPSA) is 15.3 Å². The summed E-state index contributed by atoms with van der Waals surface area (Å²) in [5.74, 6) is 0. The van der Waals surface area contributed by atoms with Gasteiger partial charge in [0.1, 0.15) is 0 Å². The minimum atomic E-state index is 0.200. The van der Waals surface area contributed by atoms with Gasteiger partial charge in [-0.2, -0.15) is 0 Å². The molecule has 1 heterocycles. The van der Waals surface area contributed by atoms with Crippen molar-refractivity contribution in [3.63, 3.8) is 0 Å². The largest absolute Gasteiger partial charge is 0.370 e. The Bertz CT molecular complexity index is 420. The molecule has 2 rings (SSSR count). The van der Waals surface area contributed by atoms with Crippen LogP contribution in [0.3, 0.4) is 0 Å². The van der Waals surface area contributed by atoms with Crippen molar-refractivity contribution in [1.29, 1.82) is 0 Å². The standard InChI is InChI=1S/C17H28N2/c1-13-10-11-19(12-14(2)18-13)16-9-7-6-8-15(16)17(3,4)5/h6-9,13-14,18H,10-12H2,1-5H3. The lowest BCUT2D eigenvalue weighted by atomic mass is 9.85. The molecule has 0 bridgehead atoms. The van der Waals surface area contributed by atoms with Gasteiger partial charge in [-0.25, -0.2) is 0 Å². The Labute approximate surface area is 118 Å². The fourth-order valence-electron chi connectivity index (χ4n) is 3.00. The van der Waals surface area contributed by atoms with Gasteiger partial charge in [-0.15, -0.1) is 0 Å². The average molecular weight is 260 g/mol. The summed E-state index contributed by atoms with van der Waals surface area (Å²) in [5, 5.41) is 3.66. The predicted molar refractivity (Wildman–Crippen MR) is 84.0 cm³/mol. The van der Waals surface area contributed by atoms with E-state index in [1.54, 1.807) is 0 Å². The molecule has 1 N–H and O–H groups in total. The molecule has 1 aliphatic rings. The maximum absolute atomic E-state index is 3.66. The number of benzene rings is 1. The van der Waals surface area contributed by atoms with Crippen LogP contribution >= 0.6 is 0 Å². The molecule has 2 atom stereocenters. The van der Waals surface area contributed by atoms with Crippen LogP contribution in [-0.2, 0) is 5.41 Å². The minimum absolute atomic E-state index is 0.200. The van der Waals surface area contributed by atoms with Gasteiger partial charge in [0.25, 0.3) is 0 Å². The summed E-state index contributed by atoms with van der Waals surface area (Å²) in [6, 6.07) is 10.0. The number of hydrogen-bond donors (Lipinski definition) is 1. The van der Waals surface area contributed by atoms with Gasteiger partial charge in [0.15, 0.2) is 0 Å². The number of anilines is 1. The zero-order chi connectivity index (χ0) is 14.0. The minimum Gasteiger partial charge on any atom is -0.370 e. The first-order chi connectivity index (χ1) is 8.88. The third kappa shape index (κ3) is 3.50. The number of para-hydroxylation sites is 1. The lowest BCUT2D eigenvalue weighted by Crippen LogP contribution is -2.38. The van der Waals surface area contributed by atoms with E-state index in [0.717, 1.165) is 13.1 Å². The second kappa shape index (κ2) is 5.54. The summed E-state index contributed by atoms with van der Waals surface area (Å²) in [4.78, 5) is 2.56. The smallest absolute Gasteiger partial charge is 0.0404 e. The summed E-state index contributed by atoms with van der Waals surface area (Å²) in [7, 11) is 0. The highest BCUT2D eigenvalue weighted by Crippen LogP contribution is 2.32. The Hall–Kier alpha value is -1.02. The van der Waals surface area contributed by atoms with E-state index in [0.29, 0.717) is 12.1 Å². The van der Waals surface area contributed by atoms with Crippen LogP contribution in [0, 0.1) is 0 Å². The third-order valence-corrected chi connectivity index (χ3v) is 3.95. The summed E-state index contributed by atoms with van der Waals surface area (Å²) in [6.07, 6.45) is 1.21. The van der Waals surface area contributed by atoms with Gasteiger partial charge in [-0.05, 0) is 37.3 Å². The van der Waals surface area contributed by atoms with E-state index in [4.69, 9.17) is 0 Å². The predicted octanol–water partition coefficient (Wildman–Crippen LogP) is 3.56. The van der Waals surface area contributed by atoms with E-state index in [9.17, 15) is 0 Å². The molecule has 19 heavy (non-hydrogen) atoms. The molecular weight excluding hydrogens is 232 g/mol. The second-order valence-corrected chi connectivity index (χ2v) is 6.97. The third-order valence-electron chi connectivity index (χ3n) is 3.95. The van der Waals surface area contributed by atoms with Crippen LogP contribution in [0.25, 0.3) is 0 Å². The lowest BCUT2D eigenvalue weighted by molar-refractivity contribution is 0.492. The summed E-state index contributed by atoms with van der Waals surface area (Å²) >= 11 is 0. The van der Waals surface area contributed by atoms with Gasteiger partial charge >= 0.3 is 0 Å². The van der Waals surface area contributed by atoms with Crippen LogP contribution in [0.15, 0.2) is 24.3 Å². The fourth-order valence-corrected chi connectivity index (χ4v) is 3.00. The molecular formula is C17H28N2. The first-order valence-electron chi connectivity index (χ1n) is 7.48. The molecule has 2 nitrogen and oxygen atoms in total. The number of nitrogens with one attached hydrogen (secondary N) is 1. The van der Waals surface area contributed by atoms with E-state index in [-0.39, 0.29) is 5.41 Å². The summed E-state index contributed by atoms with van der Waals surface area (Å²) in [5.41, 5.74) is 3.07. The Balaban J connectivity index is 2.31. The molecule has 106 valence electrons. The van der Waals surface area contributed by atoms with Crippen molar-refractivity contribution in [3.8, 4) is 0 Å². The Kier molecular flexibility index (Phi) is 4.19. The molecule has 2 unspecified atom stereocenters. The lowest BCUT2D eigenvalue weighted by Gasteiger charge is -2.31. The van der Waals surface area contributed by atoms with Crippen molar-refractivity contribution in [3.05, 3.63) is 29.8 Å². The van der Waals surface area contributed by atoms with Gasteiger partial charge in [0.2, 0.25) is 0 Å². The maximum Gasteiger partial charge on any atom is 0.0404 e. The van der Waals surface area contributed by atoms with E-state index < -0.39 is 0 Å². The molecule has 1 fully saturated rings. The first kappa shape index (κ1) is 14.4. The molecule has 1 aromatic rings. The van der Waals surface area contributed by atoms with Gasteiger partial charge in [0, 0.05) is 30.9 Å². The van der Waals surface area contributed by atoms with Crippen LogP contribution in [0.4, 0.5) is 5.69 Å². The van der Waals surface area contributed by atoms with Crippen molar-refractivity contribution in [2.75, 3.05) is 18.0 Å². The molecule has 2 heteroatoms. The van der Waals surface area contributed by atoms with Gasteiger partial charge in [-0.3, -0.25) is 0 Å². The van der Waals surface area contributed by atoms with E-state index in [1.807, 2.05) is 0 Å².